The molecular formula is C54H71ClN12O8. The van der Waals surface area contributed by atoms with Crippen molar-refractivity contribution in [1.82, 2.24) is 42.2 Å². The molecule has 6 rings (SSSR count). The normalized spacial score (nSPS) is 23.9. The highest BCUT2D eigenvalue weighted by Crippen LogP contribution is 2.39. The average molecular weight is 1050 g/mol. The molecule has 0 bridgehead atoms. The Kier molecular flexibility index (Phi) is 21.0. The summed E-state index contributed by atoms with van der Waals surface area (Å²) in [6.07, 6.45) is 4.52. The lowest BCUT2D eigenvalue weighted by atomic mass is 9.73. The summed E-state index contributed by atoms with van der Waals surface area (Å²) in [5.74, 6) is -5.71. The van der Waals surface area contributed by atoms with E-state index in [0.717, 1.165) is 16.5 Å². The molecular weight excluding hydrogens is 980 g/mol. The van der Waals surface area contributed by atoms with Crippen molar-refractivity contribution in [2.75, 3.05) is 13.1 Å². The quantitative estimate of drug-likeness (QED) is 0.0498. The Bertz CT molecular complexity index is 2650. The lowest BCUT2D eigenvalue weighted by molar-refractivity contribution is -0.140. The minimum atomic E-state index is -1.63. The number of guanidine groups is 1. The van der Waals surface area contributed by atoms with E-state index in [-0.39, 0.29) is 76.3 Å². The Labute approximate surface area is 441 Å². The Hall–Kier alpha value is -7.48. The van der Waals surface area contributed by atoms with Gasteiger partial charge in [0, 0.05) is 54.5 Å². The second-order valence-corrected chi connectivity index (χ2v) is 19.9. The highest BCUT2D eigenvalue weighted by atomic mass is 35.5. The maximum atomic E-state index is 15.2. The Morgan fingerprint density at radius 1 is 0.747 bits per heavy atom. The maximum absolute atomic E-state index is 15.2. The second kappa shape index (κ2) is 27.7. The molecule has 75 heavy (non-hydrogen) atoms. The van der Waals surface area contributed by atoms with Crippen molar-refractivity contribution in [2.45, 2.75) is 145 Å². The van der Waals surface area contributed by atoms with Crippen molar-refractivity contribution in [3.63, 3.8) is 0 Å². The number of amides is 8. The number of carbonyl (C=O) groups is 8. The largest absolute Gasteiger partial charge is 0.370 e. The van der Waals surface area contributed by atoms with Gasteiger partial charge in [0.25, 0.3) is 0 Å². The molecule has 14 N–H and O–H groups in total. The number of para-hydroxylation sites is 1. The van der Waals surface area contributed by atoms with E-state index in [2.05, 4.69) is 47.2 Å². The number of aromatic amines is 1. The number of nitrogens with two attached hydrogens (primary N) is 3. The molecule has 20 nitrogen and oxygen atoms in total. The summed E-state index contributed by atoms with van der Waals surface area (Å²) in [5, 5.41) is 21.2. The fourth-order valence-electron chi connectivity index (χ4n) is 9.64. The van der Waals surface area contributed by atoms with E-state index >= 15 is 4.79 Å². The van der Waals surface area contributed by atoms with Gasteiger partial charge in [0.05, 0.1) is 6.42 Å². The number of benzene rings is 3. The topological polar surface area (TPSA) is 327 Å². The fourth-order valence-corrected chi connectivity index (χ4v) is 9.77. The van der Waals surface area contributed by atoms with E-state index in [0.29, 0.717) is 54.7 Å². The zero-order valence-electron chi connectivity index (χ0n) is 42.4. The molecule has 2 fully saturated rings. The van der Waals surface area contributed by atoms with Gasteiger partial charge in [-0.2, -0.15) is 0 Å². The highest BCUT2D eigenvalue weighted by Gasteiger charge is 2.46. The number of carbonyl (C=O) groups excluding carboxylic acids is 8. The van der Waals surface area contributed by atoms with Crippen molar-refractivity contribution >= 4 is 75.7 Å². The summed E-state index contributed by atoms with van der Waals surface area (Å²) in [4.78, 5) is 121. The van der Waals surface area contributed by atoms with Gasteiger partial charge >= 0.3 is 0 Å². The van der Waals surface area contributed by atoms with Gasteiger partial charge in [0.2, 0.25) is 47.3 Å². The van der Waals surface area contributed by atoms with Crippen LogP contribution >= 0.6 is 11.6 Å². The number of aliphatic imine (C=N–C) groups is 1. The van der Waals surface area contributed by atoms with Gasteiger partial charge in [-0.05, 0) is 105 Å². The van der Waals surface area contributed by atoms with Crippen LogP contribution < -0.4 is 54.4 Å². The fraction of sp³-hybridized carbons (Fsp3) is 0.463. The molecule has 1 aliphatic heterocycles. The van der Waals surface area contributed by atoms with Gasteiger partial charge in [-0.25, -0.2) is 0 Å². The van der Waals surface area contributed by atoms with E-state index in [9.17, 15) is 33.6 Å². The molecule has 1 saturated carbocycles. The van der Waals surface area contributed by atoms with Crippen LogP contribution in [0.2, 0.25) is 5.02 Å². The van der Waals surface area contributed by atoms with Crippen LogP contribution in [0, 0.1) is 0 Å². The monoisotopic (exact) mass is 1050 g/mol. The third-order valence-corrected chi connectivity index (χ3v) is 14.1. The van der Waals surface area contributed by atoms with Crippen molar-refractivity contribution < 1.29 is 38.4 Å². The molecule has 21 heteroatoms. The number of H-pyrrole nitrogens is 1. The Morgan fingerprint density at radius 3 is 2.12 bits per heavy atom. The van der Waals surface area contributed by atoms with E-state index < -0.39 is 89.4 Å². The maximum Gasteiger partial charge on any atom is 0.246 e. The van der Waals surface area contributed by atoms with E-state index in [4.69, 9.17) is 28.8 Å². The van der Waals surface area contributed by atoms with Crippen molar-refractivity contribution in [2.24, 2.45) is 22.2 Å². The Balaban J connectivity index is 1.39. The van der Waals surface area contributed by atoms with Crippen molar-refractivity contribution in [3.05, 3.63) is 107 Å². The molecule has 2 heterocycles. The number of fused-ring (bicyclic) bond motifs is 1. The molecule has 5 atom stereocenters. The van der Waals surface area contributed by atoms with Crippen LogP contribution in [-0.2, 0) is 51.2 Å². The number of rotatable bonds is 14. The first-order valence-electron chi connectivity index (χ1n) is 25.8. The summed E-state index contributed by atoms with van der Waals surface area (Å²) in [6.45, 7) is 2.12. The Morgan fingerprint density at radius 2 is 1.41 bits per heavy atom. The van der Waals surface area contributed by atoms with Crippen LogP contribution in [0.4, 0.5) is 0 Å². The molecule has 2 aliphatic rings. The molecule has 0 radical (unpaired) electrons. The van der Waals surface area contributed by atoms with E-state index in [1.807, 2.05) is 43.3 Å². The third kappa shape index (κ3) is 16.8. The number of hydrogen-bond donors (Lipinski definition) is 11. The SMILES string of the molecule is CCCCC(=O)NC1CC(=O)NCCCCC(C(N)=O)NC(=O)C(Cc2c[nH]c3ccccc23)NC(=O)C(CCCN=C(N)N)NC(=O)C(Cc2ccccc2)NC(=O)C2(CCC(c3ccc(Cl)cc3)CC2)NC1=O. The van der Waals surface area contributed by atoms with Crippen LogP contribution in [0.5, 0.6) is 0 Å². The molecule has 402 valence electrons. The van der Waals surface area contributed by atoms with Crippen LogP contribution in [-0.4, -0.2) is 107 Å². The van der Waals surface area contributed by atoms with Gasteiger partial charge in [0.15, 0.2) is 5.96 Å². The van der Waals surface area contributed by atoms with Gasteiger partial charge < -0.3 is 59.4 Å². The predicted molar refractivity (Wildman–Crippen MR) is 285 cm³/mol. The third-order valence-electron chi connectivity index (χ3n) is 13.9. The molecule has 1 aliphatic carbocycles. The van der Waals surface area contributed by atoms with Crippen molar-refractivity contribution in [1.29, 1.82) is 0 Å². The summed E-state index contributed by atoms with van der Waals surface area (Å²) in [6, 6.07) is 17.2. The molecule has 1 saturated heterocycles. The first kappa shape index (κ1) is 56.8. The highest BCUT2D eigenvalue weighted by molar-refractivity contribution is 6.30. The average Bonchev–Trinajstić information content (AvgIpc) is 3.80. The van der Waals surface area contributed by atoms with Gasteiger partial charge in [-0.15, -0.1) is 0 Å². The smallest absolute Gasteiger partial charge is 0.246 e. The number of primary amides is 1. The number of halogens is 1. The van der Waals surface area contributed by atoms with Crippen LogP contribution in [0.3, 0.4) is 0 Å². The standard InChI is InChI=1S/C54H71ClN12O8/c1-2-3-18-45(68)62-44-31-46(69)59-27-10-9-16-40(47(56)70)63-50(73)43(30-36-32-61-39-15-8-7-14-38(36)39)65-48(71)41(17-11-28-60-53(57)58)64-49(72)42(29-33-12-5-4-6-13-33)66-52(75)54(67-51(44)74)25-23-35(24-26-54)34-19-21-37(55)22-20-34/h4-8,12-15,19-22,32,35,40-44,61H,2-3,9-11,16-18,23-31H2,1H3,(H2,56,70)(H,59,69)(H,62,68)(H,63,73)(H,64,72)(H,65,71)(H,66,75)(H,67,74)(H4,57,58,60). The van der Waals surface area contributed by atoms with Crippen LogP contribution in [0.1, 0.15) is 113 Å². The zero-order chi connectivity index (χ0) is 53.9. The zero-order valence-corrected chi connectivity index (χ0v) is 43.1. The van der Waals surface area contributed by atoms with Crippen molar-refractivity contribution in [3.8, 4) is 0 Å². The first-order chi connectivity index (χ1) is 36.0. The van der Waals surface area contributed by atoms with Gasteiger partial charge in [-0.1, -0.05) is 85.6 Å². The molecule has 8 amide bonds. The lowest BCUT2D eigenvalue weighted by Crippen LogP contribution is -2.66. The van der Waals surface area contributed by atoms with E-state index in [1.165, 1.54) is 0 Å². The molecule has 1 spiro atoms. The molecule has 1 aromatic heterocycles. The summed E-state index contributed by atoms with van der Waals surface area (Å²) in [7, 11) is 0. The number of hydrogen-bond acceptors (Lipinski definition) is 9. The minimum Gasteiger partial charge on any atom is -0.370 e. The van der Waals surface area contributed by atoms with Gasteiger partial charge in [0.1, 0.15) is 35.7 Å². The summed E-state index contributed by atoms with van der Waals surface area (Å²) < 4.78 is 0. The lowest BCUT2D eigenvalue weighted by Gasteiger charge is -2.41. The summed E-state index contributed by atoms with van der Waals surface area (Å²) >= 11 is 6.23. The molecule has 3 aromatic carbocycles. The summed E-state index contributed by atoms with van der Waals surface area (Å²) in [5.41, 5.74) is 18.5. The predicted octanol–water partition coefficient (Wildman–Crippen LogP) is 2.66. The first-order valence-corrected chi connectivity index (χ1v) is 26.2. The number of unbranched alkanes of at least 4 members (excludes halogenated alkanes) is 1. The number of aromatic nitrogens is 1. The van der Waals surface area contributed by atoms with Crippen LogP contribution in [0.15, 0.2) is 90.1 Å². The minimum absolute atomic E-state index is 0.0180. The number of nitrogens with one attached hydrogen (secondary N) is 8. The number of nitrogens with zero attached hydrogens (tertiary/aromatic N) is 1. The molecule has 5 unspecified atom stereocenters. The van der Waals surface area contributed by atoms with Gasteiger partial charge in [-0.3, -0.25) is 43.3 Å². The molecule has 4 aromatic rings. The second-order valence-electron chi connectivity index (χ2n) is 19.5. The van der Waals surface area contributed by atoms with Crippen LogP contribution in [0.25, 0.3) is 10.9 Å². The van der Waals surface area contributed by atoms with E-state index in [1.54, 1.807) is 48.7 Å².